The molecule has 0 aliphatic heterocycles. The summed E-state index contributed by atoms with van der Waals surface area (Å²) in [4.78, 5) is 8.05. The minimum absolute atomic E-state index is 0.282. The molecule has 0 fully saturated rings. The average molecular weight is 253 g/mol. The number of aliphatic hydroxyl groups excluding tert-OH is 1. The van der Waals surface area contributed by atoms with E-state index in [-0.39, 0.29) is 5.56 Å². The third-order valence-corrected chi connectivity index (χ3v) is 2.68. The van der Waals surface area contributed by atoms with Crippen LogP contribution in [0.4, 0.5) is 4.39 Å². The maximum absolute atomic E-state index is 13.1. The fourth-order valence-corrected chi connectivity index (χ4v) is 1.65. The van der Waals surface area contributed by atoms with Crippen LogP contribution in [0.5, 0.6) is 0 Å². The Hall–Kier alpha value is -1.52. The maximum atomic E-state index is 13.1. The summed E-state index contributed by atoms with van der Waals surface area (Å²) in [5, 5.41) is 10.3. The van der Waals surface area contributed by atoms with Gasteiger partial charge in [-0.2, -0.15) is 0 Å². The molecule has 0 aliphatic carbocycles. The van der Waals surface area contributed by atoms with Crippen LogP contribution in [0.3, 0.4) is 0 Å². The summed E-state index contributed by atoms with van der Waals surface area (Å²) in [6.07, 6.45) is 1.90. The number of nitrogens with zero attached hydrogens (tertiary/aromatic N) is 2. The molecule has 1 heterocycles. The van der Waals surface area contributed by atoms with Gasteiger partial charge in [-0.05, 0) is 25.1 Å². The van der Waals surface area contributed by atoms with Crippen molar-refractivity contribution in [3.8, 4) is 0 Å². The molecule has 0 bridgehead atoms. The first-order valence-electron chi connectivity index (χ1n) is 4.99. The van der Waals surface area contributed by atoms with Gasteiger partial charge in [0.1, 0.15) is 11.9 Å². The van der Waals surface area contributed by atoms with E-state index < -0.39 is 11.9 Å². The van der Waals surface area contributed by atoms with Crippen molar-refractivity contribution in [2.24, 2.45) is 0 Å². The van der Waals surface area contributed by atoms with Crippen LogP contribution in [0.2, 0.25) is 5.02 Å². The second-order valence-electron chi connectivity index (χ2n) is 3.65. The van der Waals surface area contributed by atoms with Crippen LogP contribution in [0.25, 0.3) is 0 Å². The summed E-state index contributed by atoms with van der Waals surface area (Å²) >= 11 is 5.90. The Bertz CT molecular complexity index is 531. The van der Waals surface area contributed by atoms with E-state index in [0.29, 0.717) is 10.7 Å². The Kier molecular flexibility index (Phi) is 3.36. The normalized spacial score (nSPS) is 12.5. The molecular weight excluding hydrogens is 243 g/mol. The van der Waals surface area contributed by atoms with Gasteiger partial charge < -0.3 is 5.11 Å². The molecule has 0 aliphatic rings. The van der Waals surface area contributed by atoms with Gasteiger partial charge in [-0.15, -0.1) is 0 Å². The van der Waals surface area contributed by atoms with Crippen molar-refractivity contribution in [1.29, 1.82) is 0 Å². The third kappa shape index (κ3) is 2.60. The van der Waals surface area contributed by atoms with E-state index in [9.17, 15) is 9.50 Å². The molecule has 0 spiro atoms. The molecule has 2 aromatic rings. The topological polar surface area (TPSA) is 46.0 Å². The third-order valence-electron chi connectivity index (χ3n) is 2.33. The molecule has 3 nitrogen and oxygen atoms in total. The van der Waals surface area contributed by atoms with Crippen molar-refractivity contribution < 1.29 is 9.50 Å². The van der Waals surface area contributed by atoms with Gasteiger partial charge in [-0.1, -0.05) is 11.6 Å². The quantitative estimate of drug-likeness (QED) is 0.894. The highest BCUT2D eigenvalue weighted by Crippen LogP contribution is 2.27. The first-order chi connectivity index (χ1) is 8.08. The Morgan fingerprint density at radius 2 is 2.06 bits per heavy atom. The number of hydrogen-bond acceptors (Lipinski definition) is 3. The van der Waals surface area contributed by atoms with Gasteiger partial charge in [0.15, 0.2) is 0 Å². The number of rotatable bonds is 2. The lowest BCUT2D eigenvalue weighted by Gasteiger charge is -2.12. The average Bonchev–Trinajstić information content (AvgIpc) is 2.32. The fraction of sp³-hybridized carbons (Fsp3) is 0.167. The molecule has 1 unspecified atom stereocenters. The van der Waals surface area contributed by atoms with E-state index in [1.165, 1.54) is 30.6 Å². The van der Waals surface area contributed by atoms with Crippen LogP contribution in [0.1, 0.15) is 23.1 Å². The Morgan fingerprint density at radius 1 is 1.29 bits per heavy atom. The second-order valence-corrected chi connectivity index (χ2v) is 4.06. The largest absolute Gasteiger partial charge is 0.382 e. The molecule has 1 aromatic carbocycles. The summed E-state index contributed by atoms with van der Waals surface area (Å²) in [6.45, 7) is 1.79. The van der Waals surface area contributed by atoms with Crippen LogP contribution < -0.4 is 0 Å². The van der Waals surface area contributed by atoms with E-state index >= 15 is 0 Å². The van der Waals surface area contributed by atoms with Gasteiger partial charge in [0, 0.05) is 16.8 Å². The lowest BCUT2D eigenvalue weighted by atomic mass is 10.1. The molecule has 1 N–H and O–H groups in total. The standard InChI is InChI=1S/C12H10ClFN2O/c1-7-5-16-11(6-15-7)12(17)9-4-8(14)2-3-10(9)13/h2-6,12,17H,1H3. The van der Waals surface area contributed by atoms with Gasteiger partial charge in [0.2, 0.25) is 0 Å². The molecule has 0 saturated carbocycles. The van der Waals surface area contributed by atoms with Crippen LogP contribution in [-0.2, 0) is 0 Å². The summed E-state index contributed by atoms with van der Waals surface area (Å²) < 4.78 is 13.1. The highest BCUT2D eigenvalue weighted by molar-refractivity contribution is 6.31. The zero-order valence-corrected chi connectivity index (χ0v) is 9.82. The SMILES string of the molecule is Cc1cnc(C(O)c2cc(F)ccc2Cl)cn1. The smallest absolute Gasteiger partial charge is 0.124 e. The number of hydrogen-bond donors (Lipinski definition) is 1. The summed E-state index contributed by atoms with van der Waals surface area (Å²) in [6, 6.07) is 3.82. The lowest BCUT2D eigenvalue weighted by molar-refractivity contribution is 0.214. The predicted octanol–water partition coefficient (Wildman–Crippen LogP) is 2.66. The van der Waals surface area contributed by atoms with Crippen LogP contribution in [0, 0.1) is 12.7 Å². The van der Waals surface area contributed by atoms with Crippen LogP contribution >= 0.6 is 11.6 Å². The zero-order chi connectivity index (χ0) is 12.4. The van der Waals surface area contributed by atoms with E-state index in [2.05, 4.69) is 9.97 Å². The number of benzene rings is 1. The molecule has 88 valence electrons. The molecule has 0 amide bonds. The Labute approximate surface area is 103 Å². The summed E-state index contributed by atoms with van der Waals surface area (Å²) in [5.74, 6) is -0.455. The van der Waals surface area contributed by atoms with Crippen molar-refractivity contribution in [1.82, 2.24) is 9.97 Å². The number of aliphatic hydroxyl groups is 1. The molecule has 0 radical (unpaired) electrons. The second kappa shape index (κ2) is 4.77. The predicted molar refractivity (Wildman–Crippen MR) is 62.2 cm³/mol. The van der Waals surface area contributed by atoms with E-state index in [1.54, 1.807) is 6.92 Å². The van der Waals surface area contributed by atoms with Crippen molar-refractivity contribution >= 4 is 11.6 Å². The molecule has 17 heavy (non-hydrogen) atoms. The fourth-order valence-electron chi connectivity index (χ4n) is 1.43. The van der Waals surface area contributed by atoms with E-state index in [4.69, 9.17) is 11.6 Å². The minimum atomic E-state index is -1.08. The van der Waals surface area contributed by atoms with E-state index in [0.717, 1.165) is 5.69 Å². The van der Waals surface area contributed by atoms with Gasteiger partial charge in [-0.3, -0.25) is 9.97 Å². The maximum Gasteiger partial charge on any atom is 0.124 e. The minimum Gasteiger partial charge on any atom is -0.382 e. The molecule has 1 atom stereocenters. The number of halogens is 2. The molecule has 1 aromatic heterocycles. The molecule has 5 heteroatoms. The van der Waals surface area contributed by atoms with Gasteiger partial charge >= 0.3 is 0 Å². The molecule has 0 saturated heterocycles. The molecular formula is C12H10ClFN2O. The number of aryl methyl sites for hydroxylation is 1. The first-order valence-corrected chi connectivity index (χ1v) is 5.37. The van der Waals surface area contributed by atoms with Gasteiger partial charge in [0.25, 0.3) is 0 Å². The van der Waals surface area contributed by atoms with Crippen LogP contribution in [-0.4, -0.2) is 15.1 Å². The first kappa shape index (κ1) is 12.0. The monoisotopic (exact) mass is 252 g/mol. The van der Waals surface area contributed by atoms with Gasteiger partial charge in [-0.25, -0.2) is 4.39 Å². The van der Waals surface area contributed by atoms with Crippen LogP contribution in [0.15, 0.2) is 30.6 Å². The van der Waals surface area contributed by atoms with E-state index in [1.807, 2.05) is 0 Å². The summed E-state index contributed by atoms with van der Waals surface area (Å²) in [7, 11) is 0. The highest BCUT2D eigenvalue weighted by Gasteiger charge is 2.16. The lowest BCUT2D eigenvalue weighted by Crippen LogP contribution is -2.04. The summed E-state index contributed by atoms with van der Waals surface area (Å²) in [5.41, 5.74) is 1.36. The van der Waals surface area contributed by atoms with Crippen molar-refractivity contribution in [3.05, 3.63) is 58.4 Å². The Morgan fingerprint density at radius 3 is 2.71 bits per heavy atom. The Balaban J connectivity index is 2.39. The van der Waals surface area contributed by atoms with Gasteiger partial charge in [0.05, 0.1) is 17.6 Å². The molecule has 2 rings (SSSR count). The van der Waals surface area contributed by atoms with Crippen molar-refractivity contribution in [2.45, 2.75) is 13.0 Å². The number of aromatic nitrogens is 2. The highest BCUT2D eigenvalue weighted by atomic mass is 35.5. The zero-order valence-electron chi connectivity index (χ0n) is 9.06. The van der Waals surface area contributed by atoms with Crippen molar-refractivity contribution in [3.63, 3.8) is 0 Å². The van der Waals surface area contributed by atoms with Crippen molar-refractivity contribution in [2.75, 3.05) is 0 Å².